The Labute approximate surface area is 373 Å². The molecule has 0 aliphatic heterocycles. The van der Waals surface area contributed by atoms with Crippen LogP contribution in [0.2, 0.25) is 0 Å². The van der Waals surface area contributed by atoms with E-state index in [9.17, 15) is 0 Å². The largest absolute Gasteiger partial charge is 0.310 e. The summed E-state index contributed by atoms with van der Waals surface area (Å²) in [6, 6.07) is 92.6. The van der Waals surface area contributed by atoms with Gasteiger partial charge in [-0.25, -0.2) is 0 Å². The number of rotatable bonds is 8. The molecule has 0 bridgehead atoms. The lowest BCUT2D eigenvalue weighted by Crippen LogP contribution is -2.10. The lowest BCUT2D eigenvalue weighted by Gasteiger charge is -2.27. The van der Waals surface area contributed by atoms with Gasteiger partial charge in [-0.05, 0) is 121 Å². The molecule has 0 N–H and O–H groups in total. The maximum absolute atomic E-state index is 2.40. The predicted octanol–water partition coefficient (Wildman–Crippen LogP) is 17.2. The number of benzene rings is 11. The Kier molecular flexibility index (Phi) is 9.20. The molecule has 12 rings (SSSR count). The molecule has 0 radical (unpaired) electrons. The summed E-state index contributed by atoms with van der Waals surface area (Å²) >= 11 is 0. The smallest absolute Gasteiger partial charge is 0.0541 e. The summed E-state index contributed by atoms with van der Waals surface area (Å²) in [5.41, 5.74) is 16.4. The Morgan fingerprint density at radius 3 is 1.08 bits per heavy atom. The Balaban J connectivity index is 1.00. The molecule has 64 heavy (non-hydrogen) atoms. The zero-order valence-corrected chi connectivity index (χ0v) is 35.1. The van der Waals surface area contributed by atoms with Gasteiger partial charge in [0, 0.05) is 33.5 Å². The highest BCUT2D eigenvalue weighted by atomic mass is 15.1. The molecular formula is C62H42N2. The lowest BCUT2D eigenvalue weighted by molar-refractivity contribution is 1.17. The summed E-state index contributed by atoms with van der Waals surface area (Å²) < 4.78 is 2.40. The molecule has 12 aromatic rings. The second-order valence-electron chi connectivity index (χ2n) is 16.5. The molecule has 2 nitrogen and oxygen atoms in total. The van der Waals surface area contributed by atoms with E-state index in [1.165, 1.54) is 87.9 Å². The molecule has 0 unspecified atom stereocenters. The number of aromatic nitrogens is 1. The first-order chi connectivity index (χ1) is 31.8. The maximum Gasteiger partial charge on any atom is 0.0541 e. The van der Waals surface area contributed by atoms with Crippen LogP contribution in [0, 0.1) is 0 Å². The zero-order valence-electron chi connectivity index (χ0n) is 35.1. The van der Waals surface area contributed by atoms with Crippen molar-refractivity contribution >= 4 is 60.4 Å². The standard InChI is InChI=1S/C62H42N2/c1-3-16-43(17-4-1)53-28-11-20-47-22-13-30-55(61(47)53)45-34-38-49(39-35-45)63(51-24-15-25-52(42-51)64-59-32-9-7-26-57(59)58-27-8-10-33-60(58)64)50-40-36-46(37-41-50)56-31-14-23-48-21-12-29-54(62(48)56)44-18-5-2-6-19-44/h1-42H. The van der Waals surface area contributed by atoms with Gasteiger partial charge in [0.25, 0.3) is 0 Å². The number of anilines is 3. The van der Waals surface area contributed by atoms with Gasteiger partial charge in [-0.15, -0.1) is 0 Å². The average molecular weight is 815 g/mol. The van der Waals surface area contributed by atoms with Crippen LogP contribution in [-0.4, -0.2) is 4.57 Å². The fourth-order valence-corrected chi connectivity index (χ4v) is 9.88. The third-order valence-corrected chi connectivity index (χ3v) is 12.8. The van der Waals surface area contributed by atoms with Gasteiger partial charge < -0.3 is 9.47 Å². The minimum absolute atomic E-state index is 1.08. The molecular weight excluding hydrogens is 773 g/mol. The number of hydrogen-bond donors (Lipinski definition) is 0. The van der Waals surface area contributed by atoms with Crippen molar-refractivity contribution in [3.05, 3.63) is 255 Å². The monoisotopic (exact) mass is 814 g/mol. The van der Waals surface area contributed by atoms with E-state index in [0.29, 0.717) is 0 Å². The highest BCUT2D eigenvalue weighted by molar-refractivity contribution is 6.10. The van der Waals surface area contributed by atoms with Crippen molar-refractivity contribution in [3.8, 4) is 50.2 Å². The molecule has 0 aliphatic carbocycles. The van der Waals surface area contributed by atoms with Crippen LogP contribution in [0.5, 0.6) is 0 Å². The van der Waals surface area contributed by atoms with Gasteiger partial charge in [0.2, 0.25) is 0 Å². The van der Waals surface area contributed by atoms with Crippen LogP contribution >= 0.6 is 0 Å². The van der Waals surface area contributed by atoms with Gasteiger partial charge >= 0.3 is 0 Å². The van der Waals surface area contributed by atoms with E-state index in [1.807, 2.05) is 0 Å². The molecule has 0 aliphatic rings. The van der Waals surface area contributed by atoms with E-state index >= 15 is 0 Å². The normalized spacial score (nSPS) is 11.4. The van der Waals surface area contributed by atoms with Crippen molar-refractivity contribution in [3.63, 3.8) is 0 Å². The summed E-state index contributed by atoms with van der Waals surface area (Å²) in [6.07, 6.45) is 0. The van der Waals surface area contributed by atoms with Gasteiger partial charge in [0.1, 0.15) is 0 Å². The van der Waals surface area contributed by atoms with Crippen LogP contribution in [0.3, 0.4) is 0 Å². The third kappa shape index (κ3) is 6.44. The zero-order chi connectivity index (χ0) is 42.4. The van der Waals surface area contributed by atoms with Crippen molar-refractivity contribution < 1.29 is 0 Å². The molecule has 0 spiro atoms. The van der Waals surface area contributed by atoms with E-state index < -0.39 is 0 Å². The number of fused-ring (bicyclic) bond motifs is 5. The Morgan fingerprint density at radius 2 is 0.641 bits per heavy atom. The first kappa shape index (κ1) is 37.3. The summed E-state index contributed by atoms with van der Waals surface area (Å²) in [5.74, 6) is 0. The maximum atomic E-state index is 2.40. The quantitative estimate of drug-likeness (QED) is 0.148. The number of nitrogens with zero attached hydrogens (tertiary/aromatic N) is 2. The van der Waals surface area contributed by atoms with E-state index in [2.05, 4.69) is 264 Å². The molecule has 0 amide bonds. The summed E-state index contributed by atoms with van der Waals surface area (Å²) in [5, 5.41) is 7.49. The summed E-state index contributed by atoms with van der Waals surface area (Å²) in [7, 11) is 0. The SMILES string of the molecule is c1ccc(-c2cccc3cccc(-c4ccc(N(c5ccc(-c6cccc7cccc(-c8ccccc8)c67)cc5)c5cccc(-n6c7ccccc7c7ccccc76)c5)cc4)c23)cc1. The molecule has 0 atom stereocenters. The first-order valence-corrected chi connectivity index (χ1v) is 22.0. The fourth-order valence-electron chi connectivity index (χ4n) is 9.88. The van der Waals surface area contributed by atoms with Gasteiger partial charge in [-0.3, -0.25) is 0 Å². The van der Waals surface area contributed by atoms with Gasteiger partial charge in [-0.1, -0.05) is 200 Å². The van der Waals surface area contributed by atoms with Crippen LogP contribution in [0.4, 0.5) is 17.1 Å². The fraction of sp³-hybridized carbons (Fsp3) is 0. The van der Waals surface area contributed by atoms with Gasteiger partial charge in [-0.2, -0.15) is 0 Å². The van der Waals surface area contributed by atoms with Gasteiger partial charge in [0.05, 0.1) is 11.0 Å². The molecule has 1 heterocycles. The van der Waals surface area contributed by atoms with Crippen molar-refractivity contribution in [1.29, 1.82) is 0 Å². The highest BCUT2D eigenvalue weighted by Crippen LogP contribution is 2.43. The van der Waals surface area contributed by atoms with Crippen molar-refractivity contribution in [1.82, 2.24) is 4.57 Å². The van der Waals surface area contributed by atoms with Gasteiger partial charge in [0.15, 0.2) is 0 Å². The molecule has 0 saturated heterocycles. The van der Waals surface area contributed by atoms with Crippen LogP contribution in [-0.2, 0) is 0 Å². The molecule has 0 saturated carbocycles. The predicted molar refractivity (Wildman–Crippen MR) is 272 cm³/mol. The highest BCUT2D eigenvalue weighted by Gasteiger charge is 2.18. The molecule has 2 heteroatoms. The van der Waals surface area contributed by atoms with Crippen molar-refractivity contribution in [2.24, 2.45) is 0 Å². The van der Waals surface area contributed by atoms with E-state index in [0.717, 1.165) is 22.7 Å². The minimum Gasteiger partial charge on any atom is -0.310 e. The third-order valence-electron chi connectivity index (χ3n) is 12.8. The van der Waals surface area contributed by atoms with Crippen LogP contribution in [0.25, 0.3) is 93.5 Å². The van der Waals surface area contributed by atoms with Crippen LogP contribution in [0.1, 0.15) is 0 Å². The van der Waals surface area contributed by atoms with Crippen molar-refractivity contribution in [2.45, 2.75) is 0 Å². The van der Waals surface area contributed by atoms with E-state index in [4.69, 9.17) is 0 Å². The number of para-hydroxylation sites is 2. The Hall–Kier alpha value is -8.46. The Bertz CT molecular complexity index is 3410. The van der Waals surface area contributed by atoms with Crippen LogP contribution < -0.4 is 4.90 Å². The minimum atomic E-state index is 1.08. The Morgan fingerprint density at radius 1 is 0.266 bits per heavy atom. The number of hydrogen-bond acceptors (Lipinski definition) is 1. The summed E-state index contributed by atoms with van der Waals surface area (Å²) in [4.78, 5) is 2.39. The molecule has 11 aromatic carbocycles. The molecule has 300 valence electrons. The van der Waals surface area contributed by atoms with E-state index in [-0.39, 0.29) is 0 Å². The van der Waals surface area contributed by atoms with E-state index in [1.54, 1.807) is 0 Å². The van der Waals surface area contributed by atoms with Crippen molar-refractivity contribution in [2.75, 3.05) is 4.90 Å². The lowest BCUT2D eigenvalue weighted by atomic mass is 9.91. The average Bonchev–Trinajstić information content (AvgIpc) is 3.71. The second-order valence-corrected chi connectivity index (χ2v) is 16.5. The molecule has 0 fully saturated rings. The first-order valence-electron chi connectivity index (χ1n) is 22.0. The van der Waals surface area contributed by atoms with Crippen LogP contribution in [0.15, 0.2) is 255 Å². The second kappa shape index (κ2) is 15.8. The summed E-state index contributed by atoms with van der Waals surface area (Å²) in [6.45, 7) is 0. The topological polar surface area (TPSA) is 8.17 Å². The molecule has 1 aromatic heterocycles.